The van der Waals surface area contributed by atoms with Crippen LogP contribution in [0, 0.1) is 17.3 Å². The number of carbonyl (C=O) groups excluding carboxylic acids is 2. The van der Waals surface area contributed by atoms with E-state index in [4.69, 9.17) is 9.72 Å². The van der Waals surface area contributed by atoms with E-state index in [-0.39, 0.29) is 35.4 Å². The normalized spacial score (nSPS) is 23.0. The maximum atomic E-state index is 13.9. The molecule has 2 bridgehead atoms. The zero-order valence-electron chi connectivity index (χ0n) is 30.7. The van der Waals surface area contributed by atoms with Gasteiger partial charge in [0.25, 0.3) is 0 Å². The van der Waals surface area contributed by atoms with E-state index < -0.39 is 18.2 Å². The summed E-state index contributed by atoms with van der Waals surface area (Å²) in [4.78, 5) is 57.8. The topological polar surface area (TPSA) is 157 Å². The van der Waals surface area contributed by atoms with Gasteiger partial charge in [-0.15, -0.1) is 0 Å². The Morgan fingerprint density at radius 3 is 2.19 bits per heavy atom. The van der Waals surface area contributed by atoms with Crippen molar-refractivity contribution in [2.45, 2.75) is 76.5 Å². The van der Waals surface area contributed by atoms with Crippen LogP contribution in [0.4, 0.5) is 9.59 Å². The van der Waals surface area contributed by atoms with Crippen molar-refractivity contribution >= 4 is 28.9 Å². The number of rotatable bonds is 8. The molecule has 3 amide bonds. The Morgan fingerprint density at radius 1 is 0.870 bits per heavy atom. The van der Waals surface area contributed by atoms with Gasteiger partial charge in [0.15, 0.2) is 0 Å². The number of alkyl carbamates (subject to hydrolysis) is 1. The van der Waals surface area contributed by atoms with Crippen LogP contribution in [0.5, 0.6) is 0 Å². The minimum absolute atomic E-state index is 0.0975. The molecule has 2 saturated heterocycles. The van der Waals surface area contributed by atoms with Crippen molar-refractivity contribution in [2.75, 3.05) is 13.7 Å². The highest BCUT2D eigenvalue weighted by atomic mass is 16.5. The first-order valence-corrected chi connectivity index (χ1v) is 19.0. The van der Waals surface area contributed by atoms with Crippen molar-refractivity contribution < 1.29 is 24.2 Å². The zero-order chi connectivity index (χ0) is 37.3. The summed E-state index contributed by atoms with van der Waals surface area (Å²) in [6.45, 7) is 4.52. The molecule has 4 aliphatic rings. The Bertz CT molecular complexity index is 2260. The van der Waals surface area contributed by atoms with E-state index in [2.05, 4.69) is 80.9 Å². The number of benzene rings is 3. The third-order valence-corrected chi connectivity index (χ3v) is 12.4. The average molecular weight is 728 g/mol. The van der Waals surface area contributed by atoms with Crippen LogP contribution < -0.4 is 5.32 Å². The number of hydrogen-bond donors (Lipinski definition) is 4. The summed E-state index contributed by atoms with van der Waals surface area (Å²) < 4.78 is 4.81. The van der Waals surface area contributed by atoms with E-state index in [1.165, 1.54) is 7.11 Å². The van der Waals surface area contributed by atoms with Crippen molar-refractivity contribution in [3.05, 3.63) is 84.7 Å². The lowest BCUT2D eigenvalue weighted by atomic mass is 9.98. The molecular formula is C42H45N7O5. The number of methoxy groups -OCH3 is 1. The number of aromatic amines is 2. The lowest BCUT2D eigenvalue weighted by Crippen LogP contribution is -2.51. The second-order valence-electron chi connectivity index (χ2n) is 16.1. The van der Waals surface area contributed by atoms with Crippen molar-refractivity contribution in [3.63, 3.8) is 0 Å². The van der Waals surface area contributed by atoms with E-state index in [0.717, 1.165) is 94.6 Å². The number of aromatic nitrogens is 4. The first kappa shape index (κ1) is 34.1. The molecule has 2 aromatic heterocycles. The number of ether oxygens (including phenoxy) is 1. The van der Waals surface area contributed by atoms with Crippen LogP contribution in [0.2, 0.25) is 0 Å². The molecule has 12 nitrogen and oxygen atoms in total. The second-order valence-corrected chi connectivity index (χ2v) is 16.1. The lowest BCUT2D eigenvalue weighted by Gasteiger charge is -2.31. The second kappa shape index (κ2) is 13.0. The molecule has 0 radical (unpaired) electrons. The fraction of sp³-hybridized carbons (Fsp3) is 0.405. The number of imidazole rings is 2. The highest BCUT2D eigenvalue weighted by molar-refractivity contribution is 5.91. The summed E-state index contributed by atoms with van der Waals surface area (Å²) >= 11 is 0. The number of carboxylic acid groups (broad SMARTS) is 1. The summed E-state index contributed by atoms with van der Waals surface area (Å²) in [6, 6.07) is 20.2. The highest BCUT2D eigenvalue weighted by Gasteiger charge is 2.55. The molecule has 5 atom stereocenters. The molecule has 5 aromatic rings. The Balaban J connectivity index is 0.909. The van der Waals surface area contributed by atoms with E-state index in [1.807, 2.05) is 31.1 Å². The molecule has 3 aromatic carbocycles. The van der Waals surface area contributed by atoms with Crippen LogP contribution in [0.25, 0.3) is 44.4 Å². The maximum Gasteiger partial charge on any atom is 0.408 e. The van der Waals surface area contributed by atoms with Gasteiger partial charge >= 0.3 is 12.2 Å². The van der Waals surface area contributed by atoms with Gasteiger partial charge < -0.3 is 30.0 Å². The minimum atomic E-state index is -0.864. The highest BCUT2D eigenvalue weighted by Crippen LogP contribution is 2.58. The van der Waals surface area contributed by atoms with Gasteiger partial charge in [0.1, 0.15) is 17.7 Å². The summed E-state index contributed by atoms with van der Waals surface area (Å²) in [6.07, 6.45) is 8.13. The van der Waals surface area contributed by atoms with E-state index in [9.17, 15) is 19.5 Å². The first-order valence-electron chi connectivity index (χ1n) is 19.0. The largest absolute Gasteiger partial charge is 0.465 e. The Labute approximate surface area is 313 Å². The summed E-state index contributed by atoms with van der Waals surface area (Å²) in [5, 5.41) is 14.8. The molecule has 5 unspecified atom stereocenters. The van der Waals surface area contributed by atoms with Gasteiger partial charge in [0, 0.05) is 18.2 Å². The number of amides is 3. The number of hydrogen-bond acceptors (Lipinski definition) is 6. The summed E-state index contributed by atoms with van der Waals surface area (Å²) in [5.74, 6) is 1.62. The summed E-state index contributed by atoms with van der Waals surface area (Å²) in [7, 11) is 1.31. The summed E-state index contributed by atoms with van der Waals surface area (Å²) in [5.41, 5.74) is 6.12. The molecule has 4 N–H and O–H groups in total. The van der Waals surface area contributed by atoms with E-state index in [1.54, 1.807) is 4.90 Å². The van der Waals surface area contributed by atoms with Crippen LogP contribution in [0.3, 0.4) is 0 Å². The molecule has 9 rings (SSSR count). The van der Waals surface area contributed by atoms with E-state index >= 15 is 0 Å². The fourth-order valence-corrected chi connectivity index (χ4v) is 9.29. The predicted molar refractivity (Wildman–Crippen MR) is 203 cm³/mol. The number of nitrogens with one attached hydrogen (secondary N) is 3. The van der Waals surface area contributed by atoms with Gasteiger partial charge in [-0.05, 0) is 95.4 Å². The van der Waals surface area contributed by atoms with Crippen molar-refractivity contribution in [2.24, 2.45) is 17.3 Å². The number of likely N-dealkylation sites (tertiary alicyclic amines) is 2. The SMILES string of the molecule is COC(=O)NC(C(=O)N1CC2(CC2)CC1c1ncc(-c2ccc3cc(-c4ccc(-c5cnc(C6C7CCC(C7)N6C(=O)O)[nH]5)cc4)ccc3c2)[nH]1)C(C)C. The quantitative estimate of drug-likeness (QED) is 0.127. The molecule has 12 heteroatoms. The van der Waals surface area contributed by atoms with Gasteiger partial charge in [-0.1, -0.05) is 62.4 Å². The van der Waals surface area contributed by atoms with Gasteiger partial charge in [0.05, 0.1) is 43.0 Å². The molecule has 2 aliphatic carbocycles. The number of piperidine rings is 1. The average Bonchev–Trinajstić information content (AvgIpc) is 3.81. The standard InChI is InChI=1S/C42H45N7O5/c1-23(2)35(47-40(51)54-3)39(50)48-22-42(14-15-42)19-34(48)37-43-21-33(45-37)29-11-10-27-16-26(8-9-28(27)17-29)24-4-6-25(7-5-24)32-20-44-38(46-32)36-30-12-13-31(18-30)49(36)41(52)53/h4-11,16-17,20-21,23,30-31,34-36H,12-15,18-19,22H2,1-3H3,(H,43,45)(H,44,46)(H,47,51)(H,52,53). The van der Waals surface area contributed by atoms with Crippen LogP contribution in [-0.2, 0) is 9.53 Å². The first-order chi connectivity index (χ1) is 26.1. The lowest BCUT2D eigenvalue weighted by molar-refractivity contribution is -0.135. The molecule has 2 aliphatic heterocycles. The van der Waals surface area contributed by atoms with Gasteiger partial charge in [-0.2, -0.15) is 0 Å². The Hall–Kier alpha value is -5.65. The third kappa shape index (κ3) is 5.97. The van der Waals surface area contributed by atoms with Crippen LogP contribution in [0.15, 0.2) is 73.1 Å². The molecule has 4 fully saturated rings. The molecule has 4 heterocycles. The molecule has 278 valence electrons. The number of nitrogens with zero attached hydrogens (tertiary/aromatic N) is 4. The van der Waals surface area contributed by atoms with Crippen molar-refractivity contribution in [1.82, 2.24) is 35.1 Å². The van der Waals surface area contributed by atoms with Crippen molar-refractivity contribution in [3.8, 4) is 33.6 Å². The zero-order valence-corrected chi connectivity index (χ0v) is 30.7. The van der Waals surface area contributed by atoms with Gasteiger partial charge in [-0.25, -0.2) is 19.6 Å². The predicted octanol–water partition coefficient (Wildman–Crippen LogP) is 7.92. The van der Waals surface area contributed by atoms with Gasteiger partial charge in [-0.3, -0.25) is 9.69 Å². The third-order valence-electron chi connectivity index (χ3n) is 12.4. The Kier molecular flexibility index (Phi) is 8.24. The van der Waals surface area contributed by atoms with Gasteiger partial charge in [0.2, 0.25) is 5.91 Å². The monoisotopic (exact) mass is 727 g/mol. The minimum Gasteiger partial charge on any atom is -0.465 e. The van der Waals surface area contributed by atoms with E-state index in [0.29, 0.717) is 12.5 Å². The van der Waals surface area contributed by atoms with Crippen LogP contribution in [-0.4, -0.2) is 78.7 Å². The molecule has 1 spiro atoms. The number of H-pyrrole nitrogens is 2. The van der Waals surface area contributed by atoms with Crippen LogP contribution in [0.1, 0.15) is 76.1 Å². The fourth-order valence-electron chi connectivity index (χ4n) is 9.29. The molecule has 2 saturated carbocycles. The smallest absolute Gasteiger partial charge is 0.408 e. The van der Waals surface area contributed by atoms with Crippen LogP contribution >= 0.6 is 0 Å². The molecular weight excluding hydrogens is 683 g/mol. The number of carbonyl (C=O) groups is 3. The number of fused-ring (bicyclic) bond motifs is 3. The maximum absolute atomic E-state index is 13.9. The van der Waals surface area contributed by atoms with Crippen molar-refractivity contribution in [1.29, 1.82) is 0 Å². The molecule has 54 heavy (non-hydrogen) atoms. The Morgan fingerprint density at radius 2 is 1.50 bits per heavy atom.